The lowest BCUT2D eigenvalue weighted by Gasteiger charge is -2.37. The average molecular weight is 337 g/mol. The average Bonchev–Trinajstić information content (AvgIpc) is 2.63. The first kappa shape index (κ1) is 16.8. The van der Waals surface area contributed by atoms with Crippen LogP contribution >= 0.6 is 11.6 Å². The van der Waals surface area contributed by atoms with Crippen molar-refractivity contribution in [1.82, 2.24) is 0 Å². The first-order valence-electron chi connectivity index (χ1n) is 8.44. The monoisotopic (exact) mass is 336 g/mol. The molecule has 126 valence electrons. The number of allylic oxidation sites excluding steroid dienone is 1. The van der Waals surface area contributed by atoms with Gasteiger partial charge in [-0.3, -0.25) is 0 Å². The van der Waals surface area contributed by atoms with E-state index >= 15 is 0 Å². The zero-order valence-corrected chi connectivity index (χ0v) is 14.4. The highest BCUT2D eigenvalue weighted by Crippen LogP contribution is 2.35. The molecule has 1 aliphatic heterocycles. The normalized spacial score (nSPS) is 32.1. The maximum Gasteiger partial charge on any atom is 0.160 e. The second-order valence-corrected chi connectivity index (χ2v) is 6.75. The minimum absolute atomic E-state index is 0.0366. The van der Waals surface area contributed by atoms with Gasteiger partial charge in [0.1, 0.15) is 5.75 Å². The van der Waals surface area contributed by atoms with Gasteiger partial charge in [0, 0.05) is 17.4 Å². The molecule has 1 saturated heterocycles. The van der Waals surface area contributed by atoms with Crippen LogP contribution in [-0.2, 0) is 9.47 Å². The lowest BCUT2D eigenvalue weighted by atomic mass is 9.81. The quantitative estimate of drug-likeness (QED) is 0.797. The molecule has 2 fully saturated rings. The molecule has 0 bridgehead atoms. The van der Waals surface area contributed by atoms with E-state index < -0.39 is 0 Å². The topological polar surface area (TPSA) is 27.7 Å². The Morgan fingerprint density at radius 2 is 1.70 bits per heavy atom. The molecular weight excluding hydrogens is 312 g/mol. The van der Waals surface area contributed by atoms with Gasteiger partial charge in [0.05, 0.1) is 20.3 Å². The van der Waals surface area contributed by atoms with E-state index in [-0.39, 0.29) is 6.29 Å². The fourth-order valence-electron chi connectivity index (χ4n) is 3.57. The third kappa shape index (κ3) is 4.28. The van der Waals surface area contributed by atoms with Gasteiger partial charge in [0.25, 0.3) is 0 Å². The van der Waals surface area contributed by atoms with E-state index in [2.05, 4.69) is 18.2 Å². The highest BCUT2D eigenvalue weighted by Gasteiger charge is 2.32. The maximum atomic E-state index is 6.04. The van der Waals surface area contributed by atoms with Gasteiger partial charge in [-0.1, -0.05) is 29.8 Å². The van der Waals surface area contributed by atoms with E-state index in [0.29, 0.717) is 17.8 Å². The lowest BCUT2D eigenvalue weighted by Crippen LogP contribution is -2.37. The van der Waals surface area contributed by atoms with Crippen LogP contribution in [0.25, 0.3) is 0 Å². The highest BCUT2D eigenvalue weighted by molar-refractivity contribution is 6.25. The Labute approximate surface area is 143 Å². The van der Waals surface area contributed by atoms with Crippen molar-refractivity contribution in [3.05, 3.63) is 41.4 Å². The molecule has 1 saturated carbocycles. The molecule has 3 nitrogen and oxygen atoms in total. The van der Waals surface area contributed by atoms with Gasteiger partial charge in [-0.15, -0.1) is 0 Å². The largest absolute Gasteiger partial charge is 0.497 e. The van der Waals surface area contributed by atoms with E-state index in [0.717, 1.165) is 31.8 Å². The summed E-state index contributed by atoms with van der Waals surface area (Å²) >= 11 is 5.68. The molecule has 0 N–H and O–H groups in total. The van der Waals surface area contributed by atoms with Crippen LogP contribution in [0, 0.1) is 11.8 Å². The molecule has 1 aromatic carbocycles. The summed E-state index contributed by atoms with van der Waals surface area (Å²) in [5, 5.41) is 0. The summed E-state index contributed by atoms with van der Waals surface area (Å²) in [5.41, 5.74) is 2.90. The molecule has 0 atom stereocenters. The maximum absolute atomic E-state index is 6.04. The van der Waals surface area contributed by atoms with E-state index in [1.807, 2.05) is 12.1 Å². The molecule has 1 aliphatic carbocycles. The van der Waals surface area contributed by atoms with Gasteiger partial charge in [-0.25, -0.2) is 0 Å². The van der Waals surface area contributed by atoms with Gasteiger partial charge in [0.15, 0.2) is 6.29 Å². The van der Waals surface area contributed by atoms with Gasteiger partial charge in [0.2, 0.25) is 0 Å². The van der Waals surface area contributed by atoms with Gasteiger partial charge in [-0.2, -0.15) is 0 Å². The first-order chi connectivity index (χ1) is 11.3. The summed E-state index contributed by atoms with van der Waals surface area (Å²) in [5.74, 6) is 2.34. The number of benzene rings is 1. The molecule has 1 aromatic rings. The van der Waals surface area contributed by atoms with Crippen molar-refractivity contribution in [2.24, 2.45) is 11.8 Å². The summed E-state index contributed by atoms with van der Waals surface area (Å²) in [6.45, 7) is 1.47. The number of methoxy groups -OCH3 is 1. The van der Waals surface area contributed by atoms with Crippen LogP contribution in [0.5, 0.6) is 5.75 Å². The number of hydrogen-bond donors (Lipinski definition) is 0. The number of ether oxygens (including phenoxy) is 3. The first-order valence-corrected chi connectivity index (χ1v) is 8.88. The summed E-state index contributed by atoms with van der Waals surface area (Å²) in [6, 6.07) is 8.18. The Balaban J connectivity index is 1.48. The predicted octanol–water partition coefficient (Wildman–Crippen LogP) is 4.71. The minimum atomic E-state index is -0.0366. The van der Waals surface area contributed by atoms with E-state index in [1.165, 1.54) is 18.4 Å². The van der Waals surface area contributed by atoms with Crippen LogP contribution < -0.4 is 4.74 Å². The van der Waals surface area contributed by atoms with Crippen LogP contribution in [0.1, 0.15) is 37.2 Å². The smallest absolute Gasteiger partial charge is 0.160 e. The molecule has 2 aliphatic rings. The van der Waals surface area contributed by atoms with Crippen LogP contribution in [0.15, 0.2) is 35.9 Å². The molecule has 23 heavy (non-hydrogen) atoms. The Morgan fingerprint density at radius 3 is 2.26 bits per heavy atom. The third-order valence-electron chi connectivity index (χ3n) is 5.06. The molecule has 0 unspecified atom stereocenters. The van der Waals surface area contributed by atoms with Crippen molar-refractivity contribution < 1.29 is 14.2 Å². The SMILES string of the molecule is COc1ccc([C@H]2CO[C@H]([C@H]3CC[C@H](/C=C/Cl)CC3)OC2)cc1. The van der Waals surface area contributed by atoms with Crippen LogP contribution in [0.4, 0.5) is 0 Å². The lowest BCUT2D eigenvalue weighted by molar-refractivity contribution is -0.217. The van der Waals surface area contributed by atoms with E-state index in [9.17, 15) is 0 Å². The van der Waals surface area contributed by atoms with Crippen molar-refractivity contribution in [3.63, 3.8) is 0 Å². The minimum Gasteiger partial charge on any atom is -0.497 e. The van der Waals surface area contributed by atoms with Gasteiger partial charge < -0.3 is 14.2 Å². The van der Waals surface area contributed by atoms with Crippen LogP contribution in [0.3, 0.4) is 0 Å². The molecule has 0 spiro atoms. The molecule has 1 heterocycles. The van der Waals surface area contributed by atoms with Crippen LogP contribution in [0.2, 0.25) is 0 Å². The van der Waals surface area contributed by atoms with Crippen molar-refractivity contribution >= 4 is 11.6 Å². The molecular formula is C19H25ClO3. The highest BCUT2D eigenvalue weighted by atomic mass is 35.5. The van der Waals surface area contributed by atoms with E-state index in [4.69, 9.17) is 25.8 Å². The van der Waals surface area contributed by atoms with Gasteiger partial charge >= 0.3 is 0 Å². The standard InChI is InChI=1S/C19H25ClO3/c1-21-18-8-6-15(7-9-18)17-12-22-19(23-13-17)16-4-2-14(3-5-16)10-11-20/h6-11,14,16-17,19H,2-5,12-13H2,1H3/b11-10+/t14-,16-,17-,19-. The van der Waals surface area contributed by atoms with Crippen molar-refractivity contribution in [3.8, 4) is 5.75 Å². The van der Waals surface area contributed by atoms with Crippen molar-refractivity contribution in [1.29, 1.82) is 0 Å². The molecule has 0 amide bonds. The van der Waals surface area contributed by atoms with E-state index in [1.54, 1.807) is 12.6 Å². The Morgan fingerprint density at radius 1 is 1.04 bits per heavy atom. The molecule has 0 aromatic heterocycles. The Bertz CT molecular complexity index is 498. The summed E-state index contributed by atoms with van der Waals surface area (Å²) in [7, 11) is 1.68. The molecule has 0 radical (unpaired) electrons. The Kier molecular flexibility index (Phi) is 5.98. The van der Waals surface area contributed by atoms with Crippen molar-refractivity contribution in [2.75, 3.05) is 20.3 Å². The summed E-state index contributed by atoms with van der Waals surface area (Å²) < 4.78 is 17.3. The second kappa shape index (κ2) is 8.18. The van der Waals surface area contributed by atoms with Crippen molar-refractivity contribution in [2.45, 2.75) is 37.9 Å². The summed E-state index contributed by atoms with van der Waals surface area (Å²) in [4.78, 5) is 0. The second-order valence-electron chi connectivity index (χ2n) is 6.50. The Hall–Kier alpha value is -1.03. The zero-order valence-electron chi connectivity index (χ0n) is 13.6. The molecule has 3 rings (SSSR count). The fraction of sp³-hybridized carbons (Fsp3) is 0.579. The summed E-state index contributed by atoms with van der Waals surface area (Å²) in [6.07, 6.45) is 6.75. The van der Waals surface area contributed by atoms with Crippen LogP contribution in [-0.4, -0.2) is 26.6 Å². The number of rotatable bonds is 4. The van der Waals surface area contributed by atoms with Gasteiger partial charge in [-0.05, 0) is 49.3 Å². The predicted molar refractivity (Wildman–Crippen MR) is 91.9 cm³/mol. The third-order valence-corrected chi connectivity index (χ3v) is 5.20. The number of halogens is 1. The number of hydrogen-bond acceptors (Lipinski definition) is 3. The fourth-order valence-corrected chi connectivity index (χ4v) is 3.78. The zero-order chi connectivity index (χ0) is 16.1. The molecule has 4 heteroatoms.